The predicted molar refractivity (Wildman–Crippen MR) is 71.9 cm³/mol. The number of oxazole rings is 1. The summed E-state index contributed by atoms with van der Waals surface area (Å²) in [4.78, 5) is 11.4. The van der Waals surface area contributed by atoms with E-state index in [4.69, 9.17) is 4.42 Å². The van der Waals surface area contributed by atoms with Crippen molar-refractivity contribution in [3.05, 3.63) is 69.7 Å². The molecule has 3 rings (SSSR count). The van der Waals surface area contributed by atoms with Gasteiger partial charge in [0, 0.05) is 7.05 Å². The van der Waals surface area contributed by atoms with E-state index >= 15 is 0 Å². The molecule has 4 nitrogen and oxygen atoms in total. The molecule has 1 unspecified atom stereocenters. The fourth-order valence-electron chi connectivity index (χ4n) is 2.26. The molecule has 0 aliphatic heterocycles. The van der Waals surface area contributed by atoms with Gasteiger partial charge in [-0.25, -0.2) is 13.6 Å². The monoisotopic (exact) mass is 291 g/mol. The van der Waals surface area contributed by atoms with E-state index in [1.807, 2.05) is 0 Å². The van der Waals surface area contributed by atoms with Crippen LogP contribution in [0, 0.1) is 11.6 Å². The van der Waals surface area contributed by atoms with Crippen LogP contribution < -0.4 is 5.76 Å². The first-order valence-electron chi connectivity index (χ1n) is 6.20. The van der Waals surface area contributed by atoms with E-state index in [2.05, 4.69) is 0 Å². The highest BCUT2D eigenvalue weighted by atomic mass is 19.1. The molecule has 0 amide bonds. The number of rotatable bonds is 2. The number of hydrogen-bond acceptors (Lipinski definition) is 3. The van der Waals surface area contributed by atoms with Crippen molar-refractivity contribution in [2.24, 2.45) is 7.05 Å². The van der Waals surface area contributed by atoms with Crippen LogP contribution in [0.2, 0.25) is 0 Å². The molecule has 0 fully saturated rings. The predicted octanol–water partition coefficient (Wildman–Crippen LogP) is 2.49. The first-order valence-corrected chi connectivity index (χ1v) is 6.20. The number of hydrogen-bond donors (Lipinski definition) is 1. The second-order valence-electron chi connectivity index (χ2n) is 4.69. The minimum Gasteiger partial charge on any atom is -0.408 e. The van der Waals surface area contributed by atoms with Gasteiger partial charge in [-0.15, -0.1) is 0 Å². The van der Waals surface area contributed by atoms with Gasteiger partial charge >= 0.3 is 5.76 Å². The van der Waals surface area contributed by atoms with Crippen LogP contribution in [0.5, 0.6) is 0 Å². The molecular formula is C15H11F2NO3. The van der Waals surface area contributed by atoms with Gasteiger partial charge in [-0.1, -0.05) is 12.1 Å². The van der Waals surface area contributed by atoms with Crippen LogP contribution in [0.1, 0.15) is 17.2 Å². The standard InChI is InChI=1S/C15H11F2NO3/c1-18-11-6-5-8(7-12(11)21-15(18)20)14(19)13-9(16)3-2-4-10(13)17/h2-7,14,19H,1H3. The fraction of sp³-hybridized carbons (Fsp3) is 0.133. The highest BCUT2D eigenvalue weighted by Crippen LogP contribution is 2.28. The molecule has 1 atom stereocenters. The lowest BCUT2D eigenvalue weighted by molar-refractivity contribution is 0.209. The topological polar surface area (TPSA) is 55.4 Å². The van der Waals surface area contributed by atoms with Crippen LogP contribution in [0.3, 0.4) is 0 Å². The van der Waals surface area contributed by atoms with Gasteiger partial charge in [0.05, 0.1) is 11.1 Å². The van der Waals surface area contributed by atoms with E-state index in [0.717, 1.165) is 12.1 Å². The maximum atomic E-state index is 13.7. The Labute approximate surface area is 117 Å². The van der Waals surface area contributed by atoms with E-state index in [1.54, 1.807) is 13.1 Å². The van der Waals surface area contributed by atoms with Gasteiger partial charge < -0.3 is 9.52 Å². The molecule has 0 aliphatic carbocycles. The molecule has 6 heteroatoms. The first-order chi connectivity index (χ1) is 9.99. The largest absolute Gasteiger partial charge is 0.419 e. The normalized spacial score (nSPS) is 12.8. The molecule has 1 heterocycles. The van der Waals surface area contributed by atoms with E-state index in [0.29, 0.717) is 5.52 Å². The Morgan fingerprint density at radius 1 is 1.19 bits per heavy atom. The average molecular weight is 291 g/mol. The van der Waals surface area contributed by atoms with Crippen LogP contribution in [0.15, 0.2) is 45.6 Å². The highest BCUT2D eigenvalue weighted by Gasteiger charge is 2.20. The van der Waals surface area contributed by atoms with Crippen molar-refractivity contribution in [1.29, 1.82) is 0 Å². The summed E-state index contributed by atoms with van der Waals surface area (Å²) < 4.78 is 33.7. The van der Waals surface area contributed by atoms with Gasteiger partial charge in [-0.2, -0.15) is 0 Å². The van der Waals surface area contributed by atoms with Crippen molar-refractivity contribution in [2.45, 2.75) is 6.10 Å². The Morgan fingerprint density at radius 2 is 1.86 bits per heavy atom. The van der Waals surface area contributed by atoms with Crippen molar-refractivity contribution in [2.75, 3.05) is 0 Å². The highest BCUT2D eigenvalue weighted by molar-refractivity contribution is 5.74. The van der Waals surface area contributed by atoms with Gasteiger partial charge in [0.1, 0.15) is 17.7 Å². The maximum absolute atomic E-state index is 13.7. The zero-order chi connectivity index (χ0) is 15.1. The van der Waals surface area contributed by atoms with Crippen LogP contribution >= 0.6 is 0 Å². The van der Waals surface area contributed by atoms with Crippen LogP contribution in [0.25, 0.3) is 11.1 Å². The second-order valence-corrected chi connectivity index (χ2v) is 4.69. The molecule has 108 valence electrons. The summed E-state index contributed by atoms with van der Waals surface area (Å²) in [5.41, 5.74) is 0.580. The van der Waals surface area contributed by atoms with Crippen LogP contribution in [-0.2, 0) is 7.05 Å². The van der Waals surface area contributed by atoms with E-state index in [1.165, 1.54) is 22.8 Å². The maximum Gasteiger partial charge on any atom is 0.419 e. The van der Waals surface area contributed by atoms with Gasteiger partial charge in [0.2, 0.25) is 0 Å². The Balaban J connectivity index is 2.14. The Morgan fingerprint density at radius 3 is 2.52 bits per heavy atom. The SMILES string of the molecule is Cn1c(=O)oc2cc(C(O)c3c(F)cccc3F)ccc21. The van der Waals surface area contributed by atoms with Gasteiger partial charge in [0.25, 0.3) is 0 Å². The number of halogens is 2. The number of benzene rings is 2. The smallest absolute Gasteiger partial charge is 0.408 e. The van der Waals surface area contributed by atoms with Crippen molar-refractivity contribution in [3.63, 3.8) is 0 Å². The number of aliphatic hydroxyl groups excluding tert-OH is 1. The van der Waals surface area contributed by atoms with E-state index < -0.39 is 29.1 Å². The Kier molecular flexibility index (Phi) is 3.10. The molecule has 0 saturated carbocycles. The van der Waals surface area contributed by atoms with Crippen molar-refractivity contribution < 1.29 is 18.3 Å². The Bertz CT molecular complexity index is 862. The van der Waals surface area contributed by atoms with E-state index in [-0.39, 0.29) is 11.1 Å². The van der Waals surface area contributed by atoms with E-state index in [9.17, 15) is 18.7 Å². The summed E-state index contributed by atoms with van der Waals surface area (Å²) in [6, 6.07) is 7.81. The summed E-state index contributed by atoms with van der Waals surface area (Å²) in [7, 11) is 1.54. The molecule has 3 aromatic rings. The second kappa shape index (κ2) is 4.82. The Hall–Kier alpha value is -2.47. The number of aryl methyl sites for hydroxylation is 1. The summed E-state index contributed by atoms with van der Waals surface area (Å²) in [6.45, 7) is 0. The van der Waals surface area contributed by atoms with Gasteiger partial charge in [-0.3, -0.25) is 4.57 Å². The molecule has 0 aliphatic rings. The van der Waals surface area contributed by atoms with Gasteiger partial charge in [0.15, 0.2) is 5.58 Å². The van der Waals surface area contributed by atoms with Crippen LogP contribution in [-0.4, -0.2) is 9.67 Å². The molecule has 1 aromatic heterocycles. The minimum atomic E-state index is -1.49. The number of fused-ring (bicyclic) bond motifs is 1. The third-order valence-corrected chi connectivity index (χ3v) is 3.41. The quantitative estimate of drug-likeness (QED) is 0.789. The summed E-state index contributed by atoms with van der Waals surface area (Å²) >= 11 is 0. The van der Waals surface area contributed by atoms with Crippen molar-refractivity contribution in [1.82, 2.24) is 4.57 Å². The zero-order valence-corrected chi connectivity index (χ0v) is 11.0. The van der Waals surface area contributed by atoms with Crippen molar-refractivity contribution >= 4 is 11.1 Å². The lowest BCUT2D eigenvalue weighted by atomic mass is 10.0. The van der Waals surface area contributed by atoms with Crippen LogP contribution in [0.4, 0.5) is 8.78 Å². The number of aromatic nitrogens is 1. The summed E-state index contributed by atoms with van der Waals surface area (Å²) in [5, 5.41) is 10.2. The third kappa shape index (κ3) is 2.13. The molecule has 21 heavy (non-hydrogen) atoms. The summed E-state index contributed by atoms with van der Waals surface area (Å²) in [5.74, 6) is -2.22. The van der Waals surface area contributed by atoms with Gasteiger partial charge in [-0.05, 0) is 29.8 Å². The zero-order valence-electron chi connectivity index (χ0n) is 11.0. The summed E-state index contributed by atoms with van der Waals surface area (Å²) in [6.07, 6.45) is -1.49. The molecular weight excluding hydrogens is 280 g/mol. The third-order valence-electron chi connectivity index (χ3n) is 3.41. The molecule has 2 aromatic carbocycles. The number of aliphatic hydroxyl groups is 1. The fourth-order valence-corrected chi connectivity index (χ4v) is 2.26. The number of nitrogens with zero attached hydrogens (tertiary/aromatic N) is 1. The first kappa shape index (κ1) is 13.5. The minimum absolute atomic E-state index is 0.237. The molecule has 1 N–H and O–H groups in total. The molecule has 0 spiro atoms. The molecule has 0 bridgehead atoms. The average Bonchev–Trinajstić information content (AvgIpc) is 2.73. The lowest BCUT2D eigenvalue weighted by Gasteiger charge is -2.13. The molecule has 0 radical (unpaired) electrons. The lowest BCUT2D eigenvalue weighted by Crippen LogP contribution is -2.08. The van der Waals surface area contributed by atoms with Crippen molar-refractivity contribution in [3.8, 4) is 0 Å². The molecule has 0 saturated heterocycles.